The van der Waals surface area contributed by atoms with E-state index in [0.717, 1.165) is 6.07 Å². The summed E-state index contributed by atoms with van der Waals surface area (Å²) < 4.78 is 31.5. The molecule has 7 nitrogen and oxygen atoms in total. The molecule has 3 aromatic rings. The van der Waals surface area contributed by atoms with Gasteiger partial charge in [-0.3, -0.25) is 9.59 Å². The van der Waals surface area contributed by atoms with Crippen molar-refractivity contribution in [2.45, 2.75) is 19.3 Å². The Labute approximate surface area is 193 Å². The zero-order valence-electron chi connectivity index (χ0n) is 17.6. The van der Waals surface area contributed by atoms with Gasteiger partial charge in [0.25, 0.3) is 5.91 Å². The fraction of sp³-hybridized carbons (Fsp3) is 0.304. The van der Waals surface area contributed by atoms with E-state index in [-0.39, 0.29) is 28.2 Å². The number of aromatic nitrogens is 2. The standard InChI is InChI=1S/C23H21ClF2N4O3/c24-19-14-17(26)8-9-18(19)23(32)30-12-10-29(11-13-30)21(31)3-1-2-20-27-22(28-33-20)15-4-6-16(25)7-5-15/h4-9,14H,1-3,10-13H2. The fourth-order valence-electron chi connectivity index (χ4n) is 3.61. The lowest BCUT2D eigenvalue weighted by Gasteiger charge is -2.35. The Morgan fingerprint density at radius 1 is 0.970 bits per heavy atom. The van der Waals surface area contributed by atoms with Crippen molar-refractivity contribution in [3.05, 3.63) is 70.6 Å². The van der Waals surface area contributed by atoms with Gasteiger partial charge < -0.3 is 14.3 Å². The molecule has 1 aromatic heterocycles. The molecule has 0 atom stereocenters. The third-order valence-corrected chi connectivity index (χ3v) is 5.75. The lowest BCUT2D eigenvalue weighted by Crippen LogP contribution is -2.50. The molecule has 0 bridgehead atoms. The van der Waals surface area contributed by atoms with Crippen LogP contribution in [0.4, 0.5) is 8.78 Å². The molecule has 10 heteroatoms. The van der Waals surface area contributed by atoms with Crippen LogP contribution >= 0.6 is 11.6 Å². The van der Waals surface area contributed by atoms with Gasteiger partial charge in [-0.25, -0.2) is 8.78 Å². The van der Waals surface area contributed by atoms with Crippen LogP contribution in [0.3, 0.4) is 0 Å². The first-order valence-electron chi connectivity index (χ1n) is 10.5. The molecule has 172 valence electrons. The van der Waals surface area contributed by atoms with Crippen LogP contribution in [-0.4, -0.2) is 57.9 Å². The number of amides is 2. The molecule has 1 saturated heterocycles. The molecule has 4 rings (SSSR count). The summed E-state index contributed by atoms with van der Waals surface area (Å²) in [6.45, 7) is 1.59. The summed E-state index contributed by atoms with van der Waals surface area (Å²) in [6.07, 6.45) is 1.29. The number of piperazine rings is 1. The first-order valence-corrected chi connectivity index (χ1v) is 10.9. The molecule has 33 heavy (non-hydrogen) atoms. The topological polar surface area (TPSA) is 79.5 Å². The van der Waals surface area contributed by atoms with Crippen LogP contribution in [-0.2, 0) is 11.2 Å². The van der Waals surface area contributed by atoms with Crippen LogP contribution < -0.4 is 0 Å². The monoisotopic (exact) mass is 474 g/mol. The van der Waals surface area contributed by atoms with Crippen molar-refractivity contribution < 1.29 is 22.9 Å². The van der Waals surface area contributed by atoms with Gasteiger partial charge in [-0.2, -0.15) is 4.98 Å². The van der Waals surface area contributed by atoms with Crippen molar-refractivity contribution in [3.63, 3.8) is 0 Å². The van der Waals surface area contributed by atoms with Crippen molar-refractivity contribution in [2.75, 3.05) is 26.2 Å². The SMILES string of the molecule is O=C(CCCc1nc(-c2ccc(F)cc2)no1)N1CCN(C(=O)c2ccc(F)cc2Cl)CC1. The first-order chi connectivity index (χ1) is 15.9. The summed E-state index contributed by atoms with van der Waals surface area (Å²) in [5.74, 6) is -0.350. The zero-order chi connectivity index (χ0) is 23.4. The maximum atomic E-state index is 13.2. The van der Waals surface area contributed by atoms with E-state index < -0.39 is 5.82 Å². The van der Waals surface area contributed by atoms with E-state index in [2.05, 4.69) is 10.1 Å². The van der Waals surface area contributed by atoms with Gasteiger partial charge in [-0.15, -0.1) is 0 Å². The molecule has 2 aromatic carbocycles. The smallest absolute Gasteiger partial charge is 0.255 e. The van der Waals surface area contributed by atoms with E-state index in [0.29, 0.717) is 62.7 Å². The molecule has 1 fully saturated rings. The minimum absolute atomic E-state index is 0.0137. The molecule has 1 aliphatic rings. The first kappa shape index (κ1) is 22.8. The lowest BCUT2D eigenvalue weighted by molar-refractivity contribution is -0.132. The molecule has 0 aliphatic carbocycles. The Bertz CT molecular complexity index is 1140. The highest BCUT2D eigenvalue weighted by atomic mass is 35.5. The summed E-state index contributed by atoms with van der Waals surface area (Å²) in [5, 5.41) is 3.96. The highest BCUT2D eigenvalue weighted by Gasteiger charge is 2.26. The van der Waals surface area contributed by atoms with Crippen molar-refractivity contribution in [1.82, 2.24) is 19.9 Å². The van der Waals surface area contributed by atoms with Gasteiger partial charge in [0.2, 0.25) is 17.6 Å². The van der Waals surface area contributed by atoms with E-state index in [1.54, 1.807) is 21.9 Å². The van der Waals surface area contributed by atoms with Crippen LogP contribution in [0.2, 0.25) is 5.02 Å². The summed E-state index contributed by atoms with van der Waals surface area (Å²) in [5.41, 5.74) is 0.897. The van der Waals surface area contributed by atoms with Gasteiger partial charge in [0.15, 0.2) is 0 Å². The number of rotatable bonds is 6. The highest BCUT2D eigenvalue weighted by Crippen LogP contribution is 2.20. The largest absolute Gasteiger partial charge is 0.339 e. The predicted molar refractivity (Wildman–Crippen MR) is 117 cm³/mol. The third-order valence-electron chi connectivity index (χ3n) is 5.43. The molecule has 2 amide bonds. The van der Waals surface area contributed by atoms with E-state index in [9.17, 15) is 18.4 Å². The molecule has 1 aliphatic heterocycles. The second-order valence-electron chi connectivity index (χ2n) is 7.67. The van der Waals surface area contributed by atoms with Crippen molar-refractivity contribution >= 4 is 23.4 Å². The van der Waals surface area contributed by atoms with Crippen molar-refractivity contribution in [1.29, 1.82) is 0 Å². The molecule has 0 unspecified atom stereocenters. The van der Waals surface area contributed by atoms with Gasteiger partial charge in [-0.1, -0.05) is 16.8 Å². The summed E-state index contributed by atoms with van der Waals surface area (Å²) in [6, 6.07) is 9.48. The predicted octanol–water partition coefficient (Wildman–Crippen LogP) is 3.98. The molecule has 2 heterocycles. The molecule has 0 spiro atoms. The molecule has 0 N–H and O–H groups in total. The summed E-state index contributed by atoms with van der Waals surface area (Å²) in [4.78, 5) is 32.8. The number of carbonyl (C=O) groups excluding carboxylic acids is 2. The Kier molecular flexibility index (Phi) is 6.98. The van der Waals surface area contributed by atoms with E-state index in [1.807, 2.05) is 0 Å². The van der Waals surface area contributed by atoms with Crippen LogP contribution in [0, 0.1) is 11.6 Å². The van der Waals surface area contributed by atoms with E-state index >= 15 is 0 Å². The summed E-state index contributed by atoms with van der Waals surface area (Å²) >= 11 is 5.99. The van der Waals surface area contributed by atoms with Gasteiger partial charge in [0.05, 0.1) is 10.6 Å². The highest BCUT2D eigenvalue weighted by molar-refractivity contribution is 6.33. The Morgan fingerprint density at radius 2 is 1.64 bits per heavy atom. The maximum absolute atomic E-state index is 13.2. The number of aryl methyl sites for hydroxylation is 1. The number of nitrogens with zero attached hydrogens (tertiary/aromatic N) is 4. The molecular formula is C23H21ClF2N4O3. The number of hydrogen-bond acceptors (Lipinski definition) is 5. The Morgan fingerprint density at radius 3 is 2.33 bits per heavy atom. The van der Waals surface area contributed by atoms with Crippen LogP contribution in [0.1, 0.15) is 29.1 Å². The number of halogens is 3. The Hall–Kier alpha value is -3.33. The third kappa shape index (κ3) is 5.54. The van der Waals surface area contributed by atoms with Crippen molar-refractivity contribution in [2.24, 2.45) is 0 Å². The molecular weight excluding hydrogens is 454 g/mol. The number of hydrogen-bond donors (Lipinski definition) is 0. The molecule has 0 saturated carbocycles. The van der Waals surface area contributed by atoms with E-state index in [4.69, 9.17) is 16.1 Å². The number of carbonyl (C=O) groups is 2. The van der Waals surface area contributed by atoms with Crippen LogP contribution in [0.25, 0.3) is 11.4 Å². The van der Waals surface area contributed by atoms with Gasteiger partial charge >= 0.3 is 0 Å². The lowest BCUT2D eigenvalue weighted by atomic mass is 10.1. The fourth-order valence-corrected chi connectivity index (χ4v) is 3.86. The van der Waals surface area contributed by atoms with Gasteiger partial charge in [0, 0.05) is 44.6 Å². The average molecular weight is 475 g/mol. The normalized spacial score (nSPS) is 13.9. The van der Waals surface area contributed by atoms with Gasteiger partial charge in [0.1, 0.15) is 11.6 Å². The quantitative estimate of drug-likeness (QED) is 0.540. The van der Waals surface area contributed by atoms with E-state index in [1.165, 1.54) is 24.3 Å². The van der Waals surface area contributed by atoms with Crippen LogP contribution in [0.15, 0.2) is 47.0 Å². The zero-order valence-corrected chi connectivity index (χ0v) is 18.4. The minimum Gasteiger partial charge on any atom is -0.339 e. The maximum Gasteiger partial charge on any atom is 0.255 e. The minimum atomic E-state index is -0.501. The van der Waals surface area contributed by atoms with Gasteiger partial charge in [-0.05, 0) is 48.9 Å². The average Bonchev–Trinajstić information content (AvgIpc) is 3.28. The molecule has 0 radical (unpaired) electrons. The second kappa shape index (κ2) is 10.1. The number of benzene rings is 2. The second-order valence-corrected chi connectivity index (χ2v) is 8.08. The summed E-state index contributed by atoms with van der Waals surface area (Å²) in [7, 11) is 0. The Balaban J connectivity index is 1.23. The van der Waals surface area contributed by atoms with Crippen LogP contribution in [0.5, 0.6) is 0 Å². The van der Waals surface area contributed by atoms with Crippen molar-refractivity contribution in [3.8, 4) is 11.4 Å².